The summed E-state index contributed by atoms with van der Waals surface area (Å²) >= 11 is 5.85. The average Bonchev–Trinajstić information content (AvgIpc) is 2.65. The zero-order valence-electron chi connectivity index (χ0n) is 10.2. The summed E-state index contributed by atoms with van der Waals surface area (Å²) in [5.41, 5.74) is -0.161. The molecule has 2 N–H and O–H groups in total. The van der Waals surface area contributed by atoms with E-state index in [2.05, 4.69) is 5.32 Å². The highest BCUT2D eigenvalue weighted by Crippen LogP contribution is 2.25. The molecule has 2 rings (SSSR count). The van der Waals surface area contributed by atoms with E-state index in [1.165, 1.54) is 6.07 Å². The maximum atomic E-state index is 13.2. The van der Waals surface area contributed by atoms with Crippen LogP contribution in [0.15, 0.2) is 18.2 Å². The molecule has 1 saturated heterocycles. The molecule has 0 aromatic heterocycles. The van der Waals surface area contributed by atoms with E-state index in [9.17, 15) is 9.50 Å². The van der Waals surface area contributed by atoms with Gasteiger partial charge in [0.15, 0.2) is 0 Å². The Bertz CT molecular complexity index is 429. The zero-order chi connectivity index (χ0) is 13.2. The molecular formula is C13H17ClFNO2. The summed E-state index contributed by atoms with van der Waals surface area (Å²) < 4.78 is 18.6. The fourth-order valence-electron chi connectivity index (χ4n) is 2.10. The number of benzene rings is 1. The van der Waals surface area contributed by atoms with Gasteiger partial charge in [0.2, 0.25) is 0 Å². The number of aliphatic hydroxyl groups is 1. The number of ether oxygens (including phenoxy) is 1. The molecule has 1 aliphatic heterocycles. The summed E-state index contributed by atoms with van der Waals surface area (Å²) in [4.78, 5) is 0. The van der Waals surface area contributed by atoms with Gasteiger partial charge >= 0.3 is 0 Å². The molecule has 0 bridgehead atoms. The van der Waals surface area contributed by atoms with Crippen LogP contribution in [0.1, 0.15) is 18.9 Å². The zero-order valence-corrected chi connectivity index (χ0v) is 11.0. The normalized spacial score (nSPS) is 27.7. The van der Waals surface area contributed by atoms with Gasteiger partial charge in [-0.05, 0) is 18.6 Å². The van der Waals surface area contributed by atoms with E-state index in [0.29, 0.717) is 31.7 Å². The number of hydrogen-bond donors (Lipinski definition) is 2. The molecule has 2 atom stereocenters. The van der Waals surface area contributed by atoms with Crippen molar-refractivity contribution in [3.05, 3.63) is 34.6 Å². The molecule has 1 aromatic rings. The molecule has 0 spiro atoms. The second-order valence-electron chi connectivity index (χ2n) is 4.68. The van der Waals surface area contributed by atoms with Crippen molar-refractivity contribution in [2.75, 3.05) is 13.2 Å². The first kappa shape index (κ1) is 13.7. The van der Waals surface area contributed by atoms with Gasteiger partial charge in [-0.25, -0.2) is 4.39 Å². The van der Waals surface area contributed by atoms with Crippen LogP contribution in [0.4, 0.5) is 4.39 Å². The van der Waals surface area contributed by atoms with Crippen LogP contribution in [0.25, 0.3) is 0 Å². The van der Waals surface area contributed by atoms with Gasteiger partial charge in [0.1, 0.15) is 11.4 Å². The summed E-state index contributed by atoms with van der Waals surface area (Å²) in [6, 6.07) is 4.71. The number of halogens is 2. The number of nitrogens with one attached hydrogen (secondary N) is 1. The maximum Gasteiger partial charge on any atom is 0.142 e. The van der Waals surface area contributed by atoms with Gasteiger partial charge in [-0.3, -0.25) is 0 Å². The summed E-state index contributed by atoms with van der Waals surface area (Å²) in [6.45, 7) is 3.25. The summed E-state index contributed by atoms with van der Waals surface area (Å²) in [7, 11) is 0. The predicted octanol–water partition coefficient (Wildman–Crippen LogP) is 2.11. The largest absolute Gasteiger partial charge is 0.386 e. The quantitative estimate of drug-likeness (QED) is 0.883. The Labute approximate surface area is 111 Å². The Hall–Kier alpha value is -0.680. The van der Waals surface area contributed by atoms with Crippen molar-refractivity contribution in [3.63, 3.8) is 0 Å². The smallest absolute Gasteiger partial charge is 0.142 e. The van der Waals surface area contributed by atoms with Crippen molar-refractivity contribution in [2.24, 2.45) is 0 Å². The molecule has 18 heavy (non-hydrogen) atoms. The minimum Gasteiger partial charge on any atom is -0.386 e. The molecule has 1 aromatic carbocycles. The molecule has 1 aliphatic rings. The van der Waals surface area contributed by atoms with Crippen LogP contribution >= 0.6 is 11.6 Å². The van der Waals surface area contributed by atoms with Crippen molar-refractivity contribution in [1.29, 1.82) is 0 Å². The third-order valence-electron chi connectivity index (χ3n) is 3.44. The summed E-state index contributed by atoms with van der Waals surface area (Å²) in [5.74, 6) is -0.424. The van der Waals surface area contributed by atoms with Crippen LogP contribution in [0.2, 0.25) is 5.02 Å². The Kier molecular flexibility index (Phi) is 4.22. The standard InChI is InChI=1S/C13H17ClFNO2/c1-9-13(17,5-6-18-9)8-16-7-10-3-2-4-11(15)12(10)14/h2-4,9,16-17H,5-8H2,1H3. The molecule has 0 radical (unpaired) electrons. The first-order valence-corrected chi connectivity index (χ1v) is 6.38. The van der Waals surface area contributed by atoms with E-state index in [0.717, 1.165) is 0 Å². The molecular weight excluding hydrogens is 257 g/mol. The third-order valence-corrected chi connectivity index (χ3v) is 3.86. The first-order chi connectivity index (χ1) is 8.53. The van der Waals surface area contributed by atoms with Crippen molar-refractivity contribution in [1.82, 2.24) is 5.32 Å². The van der Waals surface area contributed by atoms with Crippen LogP contribution in [0.3, 0.4) is 0 Å². The average molecular weight is 274 g/mol. The summed E-state index contributed by atoms with van der Waals surface area (Å²) in [6.07, 6.45) is 0.422. The van der Waals surface area contributed by atoms with Crippen molar-refractivity contribution >= 4 is 11.6 Å². The molecule has 0 amide bonds. The maximum absolute atomic E-state index is 13.2. The molecule has 2 unspecified atom stereocenters. The molecule has 1 fully saturated rings. The molecule has 3 nitrogen and oxygen atoms in total. The lowest BCUT2D eigenvalue weighted by Gasteiger charge is -2.26. The molecule has 0 saturated carbocycles. The van der Waals surface area contributed by atoms with Gasteiger partial charge in [0.05, 0.1) is 11.1 Å². The van der Waals surface area contributed by atoms with Gasteiger partial charge in [0, 0.05) is 26.1 Å². The number of hydrogen-bond acceptors (Lipinski definition) is 3. The Balaban J connectivity index is 1.91. The van der Waals surface area contributed by atoms with Gasteiger partial charge in [-0.1, -0.05) is 23.7 Å². The van der Waals surface area contributed by atoms with E-state index in [1.54, 1.807) is 12.1 Å². The fraction of sp³-hybridized carbons (Fsp3) is 0.538. The van der Waals surface area contributed by atoms with E-state index in [4.69, 9.17) is 16.3 Å². The van der Waals surface area contributed by atoms with Crippen molar-refractivity contribution in [3.8, 4) is 0 Å². The molecule has 0 aliphatic carbocycles. The third kappa shape index (κ3) is 2.83. The molecule has 5 heteroatoms. The Morgan fingerprint density at radius 2 is 2.39 bits per heavy atom. The van der Waals surface area contributed by atoms with Crippen LogP contribution in [-0.4, -0.2) is 30.0 Å². The van der Waals surface area contributed by atoms with Crippen molar-refractivity contribution < 1.29 is 14.2 Å². The van der Waals surface area contributed by atoms with E-state index in [1.807, 2.05) is 6.92 Å². The van der Waals surface area contributed by atoms with E-state index < -0.39 is 11.4 Å². The van der Waals surface area contributed by atoms with Crippen LogP contribution in [0, 0.1) is 5.82 Å². The fourth-order valence-corrected chi connectivity index (χ4v) is 2.29. The predicted molar refractivity (Wildman–Crippen MR) is 68.1 cm³/mol. The molecule has 100 valence electrons. The topological polar surface area (TPSA) is 41.5 Å². The van der Waals surface area contributed by atoms with Crippen LogP contribution < -0.4 is 5.32 Å². The number of rotatable bonds is 4. The lowest BCUT2D eigenvalue weighted by atomic mass is 9.96. The second-order valence-corrected chi connectivity index (χ2v) is 5.06. The first-order valence-electron chi connectivity index (χ1n) is 6.00. The highest BCUT2D eigenvalue weighted by atomic mass is 35.5. The SMILES string of the molecule is CC1OCCC1(O)CNCc1cccc(F)c1Cl. The molecule has 1 heterocycles. The van der Waals surface area contributed by atoms with E-state index in [-0.39, 0.29) is 11.1 Å². The lowest BCUT2D eigenvalue weighted by molar-refractivity contribution is -0.0262. The van der Waals surface area contributed by atoms with Gasteiger partial charge < -0.3 is 15.2 Å². The van der Waals surface area contributed by atoms with Crippen LogP contribution in [0.5, 0.6) is 0 Å². The highest BCUT2D eigenvalue weighted by molar-refractivity contribution is 6.31. The van der Waals surface area contributed by atoms with Gasteiger partial charge in [0.25, 0.3) is 0 Å². The van der Waals surface area contributed by atoms with Crippen molar-refractivity contribution in [2.45, 2.75) is 31.6 Å². The monoisotopic (exact) mass is 273 g/mol. The van der Waals surface area contributed by atoms with Crippen LogP contribution in [-0.2, 0) is 11.3 Å². The summed E-state index contributed by atoms with van der Waals surface area (Å²) in [5, 5.41) is 13.5. The Morgan fingerprint density at radius 1 is 1.61 bits per heavy atom. The second kappa shape index (κ2) is 5.53. The minimum absolute atomic E-state index is 0.132. The minimum atomic E-state index is -0.847. The Morgan fingerprint density at radius 3 is 3.06 bits per heavy atom. The lowest BCUT2D eigenvalue weighted by Crippen LogP contribution is -2.45. The van der Waals surface area contributed by atoms with Gasteiger partial charge in [-0.2, -0.15) is 0 Å². The highest BCUT2D eigenvalue weighted by Gasteiger charge is 2.38. The van der Waals surface area contributed by atoms with Gasteiger partial charge in [-0.15, -0.1) is 0 Å². The van der Waals surface area contributed by atoms with E-state index >= 15 is 0 Å².